The van der Waals surface area contributed by atoms with E-state index in [2.05, 4.69) is 0 Å². The van der Waals surface area contributed by atoms with E-state index in [1.54, 1.807) is 0 Å². The molecular formula is C18H8Cl8N2O2. The standard InChI is InChI=1S/C18H8Cl8N2O2/c19-5-1-10(29-17-12(22)6(20)3-8(27)14(17)24)16(26)11(2-5)30-18-13(23)7(21)4-9(28)15(18)25/h1-4H,27-28H2. The molecule has 0 unspecified atom stereocenters. The second-order valence-corrected chi connectivity index (χ2v) is 8.87. The maximum atomic E-state index is 6.44. The molecule has 0 aliphatic rings. The average Bonchev–Trinajstić information content (AvgIpc) is 2.68. The number of benzene rings is 3. The summed E-state index contributed by atoms with van der Waals surface area (Å²) >= 11 is 49.5. The Hall–Kier alpha value is -0.820. The molecule has 3 aromatic rings. The summed E-state index contributed by atoms with van der Waals surface area (Å²) in [5, 5.41) is 0.608. The van der Waals surface area contributed by atoms with Crippen LogP contribution in [0.5, 0.6) is 23.0 Å². The monoisotopic (exact) mass is 564 g/mol. The fourth-order valence-corrected chi connectivity index (χ4v) is 3.92. The lowest BCUT2D eigenvalue weighted by Gasteiger charge is -2.17. The Bertz CT molecular complexity index is 1030. The second kappa shape index (κ2) is 9.35. The van der Waals surface area contributed by atoms with Crippen molar-refractivity contribution in [1.29, 1.82) is 0 Å². The number of nitrogens with two attached hydrogens (primary N) is 2. The molecule has 0 aliphatic heterocycles. The van der Waals surface area contributed by atoms with E-state index < -0.39 is 0 Å². The molecule has 0 saturated carbocycles. The molecule has 4 nitrogen and oxygen atoms in total. The van der Waals surface area contributed by atoms with Crippen LogP contribution in [0.15, 0.2) is 24.3 Å². The fourth-order valence-electron chi connectivity index (χ4n) is 2.29. The Kier molecular flexibility index (Phi) is 7.43. The smallest absolute Gasteiger partial charge is 0.168 e. The molecule has 0 radical (unpaired) electrons. The SMILES string of the molecule is Nc1cc(Cl)c(Cl)c(Oc2cc(Cl)cc(Oc3c(Cl)c(N)cc(Cl)c3Cl)c2Cl)c1Cl. The predicted octanol–water partition coefficient (Wildman–Crippen LogP) is 9.66. The molecule has 12 heteroatoms. The Morgan fingerprint density at radius 2 is 0.867 bits per heavy atom. The molecule has 158 valence electrons. The van der Waals surface area contributed by atoms with Crippen molar-refractivity contribution >= 4 is 104 Å². The number of rotatable bonds is 4. The van der Waals surface area contributed by atoms with Crippen LogP contribution < -0.4 is 20.9 Å². The van der Waals surface area contributed by atoms with E-state index in [0.29, 0.717) is 0 Å². The third-order valence-corrected chi connectivity index (χ3v) is 6.59. The first kappa shape index (κ1) is 23.8. The molecule has 0 spiro atoms. The first-order chi connectivity index (χ1) is 14.0. The van der Waals surface area contributed by atoms with E-state index in [0.717, 1.165) is 0 Å². The minimum Gasteiger partial charge on any atom is -0.452 e. The number of hydrogen-bond donors (Lipinski definition) is 2. The van der Waals surface area contributed by atoms with E-state index in [1.807, 2.05) is 0 Å². The molecule has 0 atom stereocenters. The highest BCUT2D eigenvalue weighted by molar-refractivity contribution is 6.46. The zero-order chi connectivity index (χ0) is 22.3. The first-order valence-corrected chi connectivity index (χ1v) is 10.7. The van der Waals surface area contributed by atoms with E-state index in [-0.39, 0.29) is 74.6 Å². The van der Waals surface area contributed by atoms with Crippen LogP contribution in [0.1, 0.15) is 0 Å². The van der Waals surface area contributed by atoms with Gasteiger partial charge in [-0.2, -0.15) is 0 Å². The Labute approximate surface area is 211 Å². The van der Waals surface area contributed by atoms with Gasteiger partial charge in [-0.05, 0) is 12.1 Å². The molecule has 0 heterocycles. The fraction of sp³-hybridized carbons (Fsp3) is 0. The highest BCUT2D eigenvalue weighted by Gasteiger charge is 2.22. The summed E-state index contributed by atoms with van der Waals surface area (Å²) in [5.41, 5.74) is 11.9. The lowest BCUT2D eigenvalue weighted by Crippen LogP contribution is -1.96. The van der Waals surface area contributed by atoms with Gasteiger partial charge >= 0.3 is 0 Å². The van der Waals surface area contributed by atoms with Crippen LogP contribution in [0.2, 0.25) is 40.2 Å². The van der Waals surface area contributed by atoms with Crippen LogP contribution in [0.4, 0.5) is 11.4 Å². The zero-order valence-corrected chi connectivity index (χ0v) is 20.4. The van der Waals surface area contributed by atoms with E-state index >= 15 is 0 Å². The minimum atomic E-state index is -0.0125. The van der Waals surface area contributed by atoms with Gasteiger partial charge in [-0.15, -0.1) is 0 Å². The van der Waals surface area contributed by atoms with Gasteiger partial charge in [-0.25, -0.2) is 0 Å². The molecule has 0 amide bonds. The maximum absolute atomic E-state index is 6.44. The maximum Gasteiger partial charge on any atom is 0.168 e. The summed E-state index contributed by atoms with van der Waals surface area (Å²) < 4.78 is 11.5. The van der Waals surface area contributed by atoms with Gasteiger partial charge in [0, 0.05) is 17.2 Å². The lowest BCUT2D eigenvalue weighted by molar-refractivity contribution is 0.461. The number of hydrogen-bond acceptors (Lipinski definition) is 4. The van der Waals surface area contributed by atoms with E-state index in [1.165, 1.54) is 24.3 Å². The average molecular weight is 568 g/mol. The van der Waals surface area contributed by atoms with Gasteiger partial charge in [-0.1, -0.05) is 92.8 Å². The lowest BCUT2D eigenvalue weighted by atomic mass is 10.2. The van der Waals surface area contributed by atoms with Gasteiger partial charge in [0.25, 0.3) is 0 Å². The number of ether oxygens (including phenoxy) is 2. The van der Waals surface area contributed by atoms with Gasteiger partial charge in [0.05, 0.1) is 21.4 Å². The number of nitrogen functional groups attached to an aromatic ring is 2. The summed E-state index contributed by atoms with van der Waals surface area (Å²) in [6, 6.07) is 5.60. The van der Waals surface area contributed by atoms with Gasteiger partial charge in [0.2, 0.25) is 0 Å². The predicted molar refractivity (Wildman–Crippen MR) is 128 cm³/mol. The quantitative estimate of drug-likeness (QED) is 0.243. The van der Waals surface area contributed by atoms with Crippen LogP contribution in [-0.4, -0.2) is 0 Å². The molecule has 0 aliphatic carbocycles. The summed E-state index contributed by atoms with van der Waals surface area (Å²) in [4.78, 5) is 0. The molecule has 0 saturated heterocycles. The van der Waals surface area contributed by atoms with Gasteiger partial charge in [0.15, 0.2) is 23.0 Å². The zero-order valence-electron chi connectivity index (χ0n) is 14.3. The number of halogens is 8. The van der Waals surface area contributed by atoms with Crippen LogP contribution in [-0.2, 0) is 0 Å². The molecule has 3 rings (SSSR count). The van der Waals surface area contributed by atoms with Crippen LogP contribution >= 0.6 is 92.8 Å². The molecule has 30 heavy (non-hydrogen) atoms. The number of anilines is 2. The summed E-state index contributed by atoms with van der Waals surface area (Å²) in [6.45, 7) is 0. The highest BCUT2D eigenvalue weighted by Crippen LogP contribution is 2.50. The molecule has 3 aromatic carbocycles. The first-order valence-electron chi connectivity index (χ1n) is 7.72. The van der Waals surface area contributed by atoms with Crippen LogP contribution in [0.3, 0.4) is 0 Å². The normalized spacial score (nSPS) is 10.9. The van der Waals surface area contributed by atoms with Crippen LogP contribution in [0.25, 0.3) is 0 Å². The third-order valence-electron chi connectivity index (χ3n) is 3.68. The van der Waals surface area contributed by atoms with Gasteiger partial charge in [-0.3, -0.25) is 0 Å². The van der Waals surface area contributed by atoms with Crippen molar-refractivity contribution in [1.82, 2.24) is 0 Å². The van der Waals surface area contributed by atoms with Crippen molar-refractivity contribution in [2.24, 2.45) is 0 Å². The molecule has 0 bridgehead atoms. The Morgan fingerprint density at radius 1 is 0.500 bits per heavy atom. The third kappa shape index (κ3) is 4.67. The van der Waals surface area contributed by atoms with Crippen molar-refractivity contribution < 1.29 is 9.47 Å². The van der Waals surface area contributed by atoms with Gasteiger partial charge in [0.1, 0.15) is 25.1 Å². The Balaban J connectivity index is 2.09. The summed E-state index contributed by atoms with van der Waals surface area (Å²) in [5.74, 6) is 0.0711. The van der Waals surface area contributed by atoms with Gasteiger partial charge < -0.3 is 20.9 Å². The van der Waals surface area contributed by atoms with E-state index in [9.17, 15) is 0 Å². The molecule has 0 fully saturated rings. The van der Waals surface area contributed by atoms with Crippen molar-refractivity contribution in [3.8, 4) is 23.0 Å². The Morgan fingerprint density at radius 3 is 1.23 bits per heavy atom. The van der Waals surface area contributed by atoms with Crippen LogP contribution in [0, 0.1) is 0 Å². The molecule has 0 aromatic heterocycles. The van der Waals surface area contributed by atoms with Crippen molar-refractivity contribution in [2.45, 2.75) is 0 Å². The molecule has 4 N–H and O–H groups in total. The topological polar surface area (TPSA) is 70.5 Å². The van der Waals surface area contributed by atoms with Crippen molar-refractivity contribution in [3.05, 3.63) is 64.4 Å². The second-order valence-electron chi connectivity index (χ2n) is 5.73. The minimum absolute atomic E-state index is 0.00393. The largest absolute Gasteiger partial charge is 0.452 e. The summed E-state index contributed by atoms with van der Waals surface area (Å²) in [6.07, 6.45) is 0. The van der Waals surface area contributed by atoms with Crippen molar-refractivity contribution in [3.63, 3.8) is 0 Å². The highest BCUT2D eigenvalue weighted by atomic mass is 35.5. The molecular weight excluding hydrogens is 560 g/mol. The van der Waals surface area contributed by atoms with E-state index in [4.69, 9.17) is 114 Å². The van der Waals surface area contributed by atoms with Crippen molar-refractivity contribution in [2.75, 3.05) is 11.5 Å². The summed E-state index contributed by atoms with van der Waals surface area (Å²) in [7, 11) is 0.